The van der Waals surface area contributed by atoms with E-state index in [4.69, 9.17) is 17.3 Å². The molecule has 1 aliphatic rings. The van der Waals surface area contributed by atoms with Crippen LogP contribution in [0.3, 0.4) is 0 Å². The summed E-state index contributed by atoms with van der Waals surface area (Å²) in [5.41, 5.74) is 5.38. The number of halogens is 1. The zero-order valence-electron chi connectivity index (χ0n) is 10.9. The third kappa shape index (κ3) is 6.44. The largest absolute Gasteiger partial charge is 0.338 e. The number of hydrogen-bond acceptors (Lipinski definition) is 4. The number of amides is 2. The SMILES string of the molecule is NCCCCCCNC(=O)N[C@H]1CS(=O)(=O)C[C@H]1Cl. The van der Waals surface area contributed by atoms with Crippen molar-refractivity contribution in [2.24, 2.45) is 5.73 Å². The van der Waals surface area contributed by atoms with Crippen molar-refractivity contribution in [1.29, 1.82) is 0 Å². The summed E-state index contributed by atoms with van der Waals surface area (Å²) in [7, 11) is -3.11. The maximum atomic E-state index is 11.5. The van der Waals surface area contributed by atoms with Gasteiger partial charge in [0.05, 0.1) is 22.9 Å². The van der Waals surface area contributed by atoms with Gasteiger partial charge in [-0.3, -0.25) is 0 Å². The highest BCUT2D eigenvalue weighted by molar-refractivity contribution is 7.91. The highest BCUT2D eigenvalue weighted by atomic mass is 35.5. The first-order valence-electron chi connectivity index (χ1n) is 6.53. The molecule has 1 heterocycles. The molecule has 1 rings (SSSR count). The molecule has 0 aromatic heterocycles. The van der Waals surface area contributed by atoms with E-state index in [1.165, 1.54) is 0 Å². The monoisotopic (exact) mass is 311 g/mol. The molecule has 0 saturated carbocycles. The van der Waals surface area contributed by atoms with Gasteiger partial charge in [-0.1, -0.05) is 12.8 Å². The number of urea groups is 1. The van der Waals surface area contributed by atoms with E-state index in [-0.39, 0.29) is 17.5 Å². The molecular formula is C11H22ClN3O3S. The first-order valence-corrected chi connectivity index (χ1v) is 8.79. The predicted molar refractivity (Wildman–Crippen MR) is 76.1 cm³/mol. The van der Waals surface area contributed by atoms with Crippen LogP contribution in [0.25, 0.3) is 0 Å². The first-order chi connectivity index (χ1) is 8.94. The standard InChI is InChI=1S/C11H22ClN3O3S/c12-9-7-19(17,18)8-10(9)15-11(16)14-6-4-2-1-3-5-13/h9-10H,1-8,13H2,(H2,14,15,16)/t9-,10+/m1/s1. The van der Waals surface area contributed by atoms with Crippen LogP contribution in [0.4, 0.5) is 4.79 Å². The fourth-order valence-corrected chi connectivity index (χ4v) is 4.53. The van der Waals surface area contributed by atoms with E-state index in [2.05, 4.69) is 10.6 Å². The highest BCUT2D eigenvalue weighted by Gasteiger charge is 2.37. The van der Waals surface area contributed by atoms with E-state index in [1.54, 1.807) is 0 Å². The lowest BCUT2D eigenvalue weighted by molar-refractivity contribution is 0.238. The van der Waals surface area contributed by atoms with Gasteiger partial charge in [0.15, 0.2) is 9.84 Å². The smallest absolute Gasteiger partial charge is 0.315 e. The molecule has 1 aliphatic heterocycles. The molecule has 1 fully saturated rings. The molecule has 0 aromatic carbocycles. The number of nitrogens with two attached hydrogens (primary N) is 1. The summed E-state index contributed by atoms with van der Waals surface area (Å²) < 4.78 is 22.7. The Morgan fingerprint density at radius 2 is 1.89 bits per heavy atom. The minimum Gasteiger partial charge on any atom is -0.338 e. The molecule has 19 heavy (non-hydrogen) atoms. The fraction of sp³-hybridized carbons (Fsp3) is 0.909. The van der Waals surface area contributed by atoms with Gasteiger partial charge < -0.3 is 16.4 Å². The molecule has 6 nitrogen and oxygen atoms in total. The zero-order valence-corrected chi connectivity index (χ0v) is 12.5. The number of rotatable bonds is 7. The first kappa shape index (κ1) is 16.5. The Morgan fingerprint density at radius 1 is 1.21 bits per heavy atom. The van der Waals surface area contributed by atoms with Crippen molar-refractivity contribution in [2.45, 2.75) is 37.1 Å². The maximum absolute atomic E-state index is 11.5. The molecule has 1 saturated heterocycles. The molecule has 2 amide bonds. The van der Waals surface area contributed by atoms with Crippen molar-refractivity contribution in [2.75, 3.05) is 24.6 Å². The average molecular weight is 312 g/mol. The average Bonchev–Trinajstić information content (AvgIpc) is 2.56. The van der Waals surface area contributed by atoms with Gasteiger partial charge in [0, 0.05) is 6.54 Å². The van der Waals surface area contributed by atoms with Crippen LogP contribution in [0.5, 0.6) is 0 Å². The molecule has 112 valence electrons. The summed E-state index contributed by atoms with van der Waals surface area (Å²) >= 11 is 5.89. The molecule has 0 radical (unpaired) electrons. The second kappa shape index (κ2) is 7.91. The van der Waals surface area contributed by atoms with Crippen LogP contribution in [-0.4, -0.2) is 50.5 Å². The Kier molecular flexibility index (Phi) is 6.88. The lowest BCUT2D eigenvalue weighted by Crippen LogP contribution is -2.46. The fourth-order valence-electron chi connectivity index (χ4n) is 1.98. The zero-order chi connectivity index (χ0) is 14.3. The summed E-state index contributed by atoms with van der Waals surface area (Å²) in [6.45, 7) is 1.27. The lowest BCUT2D eigenvalue weighted by Gasteiger charge is -2.14. The Hall–Kier alpha value is -0.530. The van der Waals surface area contributed by atoms with E-state index in [1.807, 2.05) is 0 Å². The van der Waals surface area contributed by atoms with Gasteiger partial charge in [0.2, 0.25) is 0 Å². The third-order valence-electron chi connectivity index (χ3n) is 3.02. The van der Waals surface area contributed by atoms with Crippen LogP contribution in [0.15, 0.2) is 0 Å². The van der Waals surface area contributed by atoms with Crippen molar-refractivity contribution < 1.29 is 13.2 Å². The van der Waals surface area contributed by atoms with E-state index in [9.17, 15) is 13.2 Å². The molecule has 0 aromatic rings. The number of unbranched alkanes of at least 4 members (excludes halogenated alkanes) is 3. The Labute approximate surface area is 119 Å². The van der Waals surface area contributed by atoms with Crippen LogP contribution in [0.1, 0.15) is 25.7 Å². The Morgan fingerprint density at radius 3 is 2.47 bits per heavy atom. The number of carbonyl (C=O) groups excluding carboxylic acids is 1. The van der Waals surface area contributed by atoms with Gasteiger partial charge in [-0.15, -0.1) is 11.6 Å². The van der Waals surface area contributed by atoms with Gasteiger partial charge in [-0.2, -0.15) is 0 Å². The molecule has 0 aliphatic carbocycles. The predicted octanol–water partition coefficient (Wildman–Crippen LogP) is 0.209. The molecule has 0 unspecified atom stereocenters. The van der Waals surface area contributed by atoms with E-state index in [0.717, 1.165) is 25.7 Å². The summed E-state index contributed by atoms with van der Waals surface area (Å²) in [5, 5.41) is 4.76. The number of nitrogens with one attached hydrogen (secondary N) is 2. The molecule has 4 N–H and O–H groups in total. The summed E-state index contributed by atoms with van der Waals surface area (Å²) in [6, 6.07) is -0.851. The van der Waals surface area contributed by atoms with Crippen LogP contribution in [0, 0.1) is 0 Å². The maximum Gasteiger partial charge on any atom is 0.315 e. The van der Waals surface area contributed by atoms with Crippen molar-refractivity contribution in [1.82, 2.24) is 10.6 Å². The summed E-state index contributed by atoms with van der Waals surface area (Å²) in [5.74, 6) is -0.149. The normalized spacial score (nSPS) is 25.2. The highest BCUT2D eigenvalue weighted by Crippen LogP contribution is 2.17. The second-order valence-corrected chi connectivity index (χ2v) is 7.52. The van der Waals surface area contributed by atoms with Crippen LogP contribution >= 0.6 is 11.6 Å². The van der Waals surface area contributed by atoms with Gasteiger partial charge in [0.1, 0.15) is 0 Å². The Bertz CT molecular complexity index is 389. The molecule has 0 bridgehead atoms. The second-order valence-electron chi connectivity index (χ2n) is 4.80. The Balaban J connectivity index is 2.14. The van der Waals surface area contributed by atoms with E-state index < -0.39 is 21.3 Å². The molecule has 0 spiro atoms. The molecule has 2 atom stereocenters. The summed E-state index contributed by atoms with van der Waals surface area (Å²) in [6.07, 6.45) is 3.97. The molecule has 8 heteroatoms. The van der Waals surface area contributed by atoms with Gasteiger partial charge in [-0.25, -0.2) is 13.2 Å². The van der Waals surface area contributed by atoms with Gasteiger partial charge >= 0.3 is 6.03 Å². The van der Waals surface area contributed by atoms with Crippen molar-refractivity contribution in [3.8, 4) is 0 Å². The van der Waals surface area contributed by atoms with Crippen LogP contribution in [0.2, 0.25) is 0 Å². The number of alkyl halides is 1. The minimum atomic E-state index is -3.11. The van der Waals surface area contributed by atoms with Crippen molar-refractivity contribution in [3.05, 3.63) is 0 Å². The van der Waals surface area contributed by atoms with Crippen LogP contribution in [-0.2, 0) is 9.84 Å². The molecular weight excluding hydrogens is 290 g/mol. The van der Waals surface area contributed by atoms with Gasteiger partial charge in [0.25, 0.3) is 0 Å². The van der Waals surface area contributed by atoms with E-state index >= 15 is 0 Å². The van der Waals surface area contributed by atoms with Crippen molar-refractivity contribution >= 4 is 27.5 Å². The lowest BCUT2D eigenvalue weighted by atomic mass is 10.2. The minimum absolute atomic E-state index is 0.0708. The van der Waals surface area contributed by atoms with Crippen molar-refractivity contribution in [3.63, 3.8) is 0 Å². The summed E-state index contributed by atoms with van der Waals surface area (Å²) in [4.78, 5) is 11.5. The van der Waals surface area contributed by atoms with Gasteiger partial charge in [-0.05, 0) is 19.4 Å². The number of hydrogen-bond donors (Lipinski definition) is 3. The topological polar surface area (TPSA) is 101 Å². The number of sulfone groups is 1. The third-order valence-corrected chi connectivity index (χ3v) is 5.39. The number of carbonyl (C=O) groups is 1. The van der Waals surface area contributed by atoms with E-state index in [0.29, 0.717) is 13.1 Å². The van der Waals surface area contributed by atoms with Crippen LogP contribution < -0.4 is 16.4 Å². The quantitative estimate of drug-likeness (QED) is 0.462.